The first-order valence-electron chi connectivity index (χ1n) is 7.08. The number of hydrogen-bond donors (Lipinski definition) is 3. The van der Waals surface area contributed by atoms with Gasteiger partial charge in [0, 0.05) is 12.8 Å². The van der Waals surface area contributed by atoms with E-state index < -0.39 is 5.97 Å². The number of aromatic nitrogens is 2. The summed E-state index contributed by atoms with van der Waals surface area (Å²) >= 11 is 0. The molecule has 1 aromatic carbocycles. The molecule has 0 aliphatic carbocycles. The molecular formula is C15H20ClN3O2. The first-order valence-corrected chi connectivity index (χ1v) is 7.08. The number of H-pyrrole nitrogens is 1. The Morgan fingerprint density at radius 3 is 2.90 bits per heavy atom. The van der Waals surface area contributed by atoms with Crippen molar-refractivity contribution in [2.45, 2.75) is 19.3 Å². The lowest BCUT2D eigenvalue weighted by molar-refractivity contribution is -0.138. The third-order valence-corrected chi connectivity index (χ3v) is 4.10. The summed E-state index contributed by atoms with van der Waals surface area (Å²) in [5.74, 6) is 0.823. The molecule has 0 unspecified atom stereocenters. The predicted molar refractivity (Wildman–Crippen MR) is 83.8 cm³/mol. The molecule has 5 nitrogen and oxygen atoms in total. The molecule has 21 heavy (non-hydrogen) atoms. The van der Waals surface area contributed by atoms with Crippen LogP contribution in [0.1, 0.15) is 18.7 Å². The van der Waals surface area contributed by atoms with Crippen LogP contribution in [-0.2, 0) is 11.2 Å². The van der Waals surface area contributed by atoms with E-state index >= 15 is 0 Å². The minimum Gasteiger partial charge on any atom is -0.481 e. The van der Waals surface area contributed by atoms with Crippen LogP contribution >= 0.6 is 12.4 Å². The zero-order chi connectivity index (χ0) is 13.9. The molecule has 0 amide bonds. The molecule has 1 aliphatic rings. The molecule has 2 atom stereocenters. The summed E-state index contributed by atoms with van der Waals surface area (Å²) in [5.41, 5.74) is 2.02. The van der Waals surface area contributed by atoms with E-state index in [9.17, 15) is 4.79 Å². The highest BCUT2D eigenvalue weighted by molar-refractivity contribution is 5.85. The number of carboxylic acids is 1. The Hall–Kier alpha value is -1.59. The summed E-state index contributed by atoms with van der Waals surface area (Å²) in [5, 5.41) is 12.4. The summed E-state index contributed by atoms with van der Waals surface area (Å²) in [6.07, 6.45) is 1.99. The fourth-order valence-corrected chi connectivity index (χ4v) is 3.06. The third kappa shape index (κ3) is 3.74. The molecule has 114 valence electrons. The summed E-state index contributed by atoms with van der Waals surface area (Å²) in [7, 11) is 0. The Bertz CT molecular complexity index is 581. The normalized spacial score (nSPS) is 21.9. The van der Waals surface area contributed by atoms with Gasteiger partial charge in [0.2, 0.25) is 0 Å². The largest absolute Gasteiger partial charge is 0.481 e. The number of halogens is 1. The Kier molecular flexibility index (Phi) is 5.20. The van der Waals surface area contributed by atoms with E-state index in [4.69, 9.17) is 5.11 Å². The van der Waals surface area contributed by atoms with Gasteiger partial charge in [-0.2, -0.15) is 0 Å². The molecule has 2 aromatic rings. The van der Waals surface area contributed by atoms with Crippen LogP contribution in [0, 0.1) is 11.8 Å². The van der Waals surface area contributed by atoms with E-state index in [0.29, 0.717) is 5.92 Å². The maximum absolute atomic E-state index is 11.0. The standard InChI is InChI=1S/C15H19N3O2.ClH/c19-15(20)8-10-5-6-16-9-11(10)7-14-17-12-3-1-2-4-13(12)18-14;/h1-4,10-11,16H,5-9H2,(H,17,18)(H,19,20);1H/t10-,11-;/m0./s1. The number of piperidine rings is 1. The highest BCUT2D eigenvalue weighted by atomic mass is 35.5. The molecule has 0 radical (unpaired) electrons. The van der Waals surface area contributed by atoms with E-state index in [1.807, 2.05) is 24.3 Å². The summed E-state index contributed by atoms with van der Waals surface area (Å²) in [4.78, 5) is 18.9. The van der Waals surface area contributed by atoms with E-state index in [-0.39, 0.29) is 24.7 Å². The van der Waals surface area contributed by atoms with Crippen LogP contribution in [0.15, 0.2) is 24.3 Å². The lowest BCUT2D eigenvalue weighted by atomic mass is 9.82. The van der Waals surface area contributed by atoms with E-state index in [2.05, 4.69) is 15.3 Å². The van der Waals surface area contributed by atoms with Crippen molar-refractivity contribution in [2.24, 2.45) is 11.8 Å². The van der Waals surface area contributed by atoms with E-state index in [0.717, 1.165) is 42.8 Å². The average molecular weight is 310 g/mol. The van der Waals surface area contributed by atoms with Crippen LogP contribution in [0.3, 0.4) is 0 Å². The quantitative estimate of drug-likeness (QED) is 0.809. The van der Waals surface area contributed by atoms with Crippen LogP contribution < -0.4 is 5.32 Å². The van der Waals surface area contributed by atoms with Crippen molar-refractivity contribution in [3.63, 3.8) is 0 Å². The number of carbonyl (C=O) groups is 1. The number of rotatable bonds is 4. The van der Waals surface area contributed by atoms with Crippen molar-refractivity contribution in [3.8, 4) is 0 Å². The molecule has 3 rings (SSSR count). The molecule has 1 saturated heterocycles. The number of aliphatic carboxylic acids is 1. The minimum atomic E-state index is -0.702. The lowest BCUT2D eigenvalue weighted by Crippen LogP contribution is -2.38. The van der Waals surface area contributed by atoms with Gasteiger partial charge in [0.1, 0.15) is 5.82 Å². The highest BCUT2D eigenvalue weighted by Gasteiger charge is 2.27. The van der Waals surface area contributed by atoms with E-state index in [1.54, 1.807) is 0 Å². The van der Waals surface area contributed by atoms with Crippen LogP contribution in [0.25, 0.3) is 11.0 Å². The van der Waals surface area contributed by atoms with Crippen molar-refractivity contribution in [1.82, 2.24) is 15.3 Å². The molecule has 0 saturated carbocycles. The number of fused-ring (bicyclic) bond motifs is 1. The van der Waals surface area contributed by atoms with Crippen LogP contribution in [0.2, 0.25) is 0 Å². The summed E-state index contributed by atoms with van der Waals surface area (Å²) < 4.78 is 0. The predicted octanol–water partition coefficient (Wildman–Crippen LogP) is 2.23. The number of nitrogens with one attached hydrogen (secondary N) is 2. The SMILES string of the molecule is Cl.O=C(O)C[C@@H]1CCNC[C@@H]1Cc1nc2ccccc2[nH]1. The maximum Gasteiger partial charge on any atom is 0.303 e. The molecular weight excluding hydrogens is 290 g/mol. The fourth-order valence-electron chi connectivity index (χ4n) is 3.06. The first-order chi connectivity index (χ1) is 9.72. The maximum atomic E-state index is 11.0. The Labute approximate surface area is 129 Å². The number of carboxylic acid groups (broad SMARTS) is 1. The molecule has 3 N–H and O–H groups in total. The first kappa shape index (κ1) is 15.8. The second-order valence-electron chi connectivity index (χ2n) is 5.52. The smallest absolute Gasteiger partial charge is 0.303 e. The second kappa shape index (κ2) is 6.91. The van der Waals surface area contributed by atoms with Gasteiger partial charge in [0.05, 0.1) is 11.0 Å². The van der Waals surface area contributed by atoms with Gasteiger partial charge in [-0.15, -0.1) is 12.4 Å². The van der Waals surface area contributed by atoms with Gasteiger partial charge in [0.15, 0.2) is 0 Å². The molecule has 0 bridgehead atoms. The number of nitrogens with zero attached hydrogens (tertiary/aromatic N) is 1. The Morgan fingerprint density at radius 2 is 2.14 bits per heavy atom. The number of benzene rings is 1. The van der Waals surface area contributed by atoms with Crippen molar-refractivity contribution in [3.05, 3.63) is 30.1 Å². The molecule has 1 aliphatic heterocycles. The highest BCUT2D eigenvalue weighted by Crippen LogP contribution is 2.26. The fraction of sp³-hybridized carbons (Fsp3) is 0.467. The van der Waals surface area contributed by atoms with E-state index in [1.165, 1.54) is 0 Å². The van der Waals surface area contributed by atoms with Crippen LogP contribution in [-0.4, -0.2) is 34.1 Å². The van der Waals surface area contributed by atoms with Crippen molar-refractivity contribution >= 4 is 29.4 Å². The van der Waals surface area contributed by atoms with Crippen molar-refractivity contribution in [2.75, 3.05) is 13.1 Å². The van der Waals surface area contributed by atoms with Crippen LogP contribution in [0.5, 0.6) is 0 Å². The van der Waals surface area contributed by atoms with Crippen molar-refractivity contribution in [1.29, 1.82) is 0 Å². The van der Waals surface area contributed by atoms with Gasteiger partial charge in [-0.1, -0.05) is 12.1 Å². The number of aromatic amines is 1. The van der Waals surface area contributed by atoms with Crippen LogP contribution in [0.4, 0.5) is 0 Å². The van der Waals surface area contributed by atoms with Gasteiger partial charge < -0.3 is 15.4 Å². The zero-order valence-electron chi connectivity index (χ0n) is 11.7. The van der Waals surface area contributed by atoms with Gasteiger partial charge in [0.25, 0.3) is 0 Å². The van der Waals surface area contributed by atoms with Gasteiger partial charge >= 0.3 is 5.97 Å². The summed E-state index contributed by atoms with van der Waals surface area (Å²) in [6.45, 7) is 1.78. The zero-order valence-corrected chi connectivity index (χ0v) is 12.5. The molecule has 2 heterocycles. The molecule has 0 spiro atoms. The molecule has 6 heteroatoms. The monoisotopic (exact) mass is 309 g/mol. The number of imidazole rings is 1. The van der Waals surface area contributed by atoms with Crippen molar-refractivity contribution < 1.29 is 9.90 Å². The summed E-state index contributed by atoms with van der Waals surface area (Å²) in [6, 6.07) is 7.96. The minimum absolute atomic E-state index is 0. The average Bonchev–Trinajstić information content (AvgIpc) is 2.82. The topological polar surface area (TPSA) is 78.0 Å². The van der Waals surface area contributed by atoms with Gasteiger partial charge in [-0.3, -0.25) is 4.79 Å². The number of para-hydroxylation sites is 2. The Morgan fingerprint density at radius 1 is 1.33 bits per heavy atom. The second-order valence-corrected chi connectivity index (χ2v) is 5.52. The number of hydrogen-bond acceptors (Lipinski definition) is 3. The molecule has 1 aromatic heterocycles. The third-order valence-electron chi connectivity index (χ3n) is 4.10. The Balaban J connectivity index is 0.00000161. The molecule has 1 fully saturated rings. The van der Waals surface area contributed by atoms with Gasteiger partial charge in [-0.05, 0) is 43.5 Å². The van der Waals surface area contributed by atoms with Gasteiger partial charge in [-0.25, -0.2) is 4.98 Å². The lowest BCUT2D eigenvalue weighted by Gasteiger charge is -2.30.